The van der Waals surface area contributed by atoms with E-state index in [-0.39, 0.29) is 17.9 Å². The smallest absolute Gasteiger partial charge is 0.383 e. The van der Waals surface area contributed by atoms with Gasteiger partial charge in [0.15, 0.2) is 0 Å². The zero-order valence-corrected chi connectivity index (χ0v) is 11.5. The van der Waals surface area contributed by atoms with Gasteiger partial charge in [0, 0.05) is 26.7 Å². The monoisotopic (exact) mass is 306 g/mol. The number of carbonyl (C=O) groups excluding carboxylic acids is 1. The quantitative estimate of drug-likeness (QED) is 0.620. The number of ether oxygens (including phenoxy) is 1. The maximum Gasteiger partial charge on any atom is 0.433 e. The van der Waals surface area contributed by atoms with Gasteiger partial charge in [-0.2, -0.15) is 13.2 Å². The Bertz CT molecular complexity index is 480. The van der Waals surface area contributed by atoms with Crippen LogP contribution < -0.4 is 16.4 Å². The third-order valence-electron chi connectivity index (χ3n) is 2.53. The van der Waals surface area contributed by atoms with E-state index in [2.05, 4.69) is 15.6 Å². The van der Waals surface area contributed by atoms with E-state index < -0.39 is 17.8 Å². The van der Waals surface area contributed by atoms with Crippen molar-refractivity contribution in [3.8, 4) is 0 Å². The molecule has 0 saturated carbocycles. The third kappa shape index (κ3) is 5.56. The topological polar surface area (TPSA) is 89.3 Å². The van der Waals surface area contributed by atoms with Gasteiger partial charge in [-0.15, -0.1) is 0 Å². The minimum Gasteiger partial charge on any atom is -0.383 e. The van der Waals surface area contributed by atoms with Crippen LogP contribution in [-0.2, 0) is 10.9 Å². The highest BCUT2D eigenvalue weighted by Crippen LogP contribution is 2.29. The molecule has 0 aliphatic heterocycles. The minimum atomic E-state index is -4.58. The molecule has 0 aliphatic rings. The molecule has 118 valence electrons. The number of nitrogens with two attached hydrogens (primary N) is 1. The normalized spacial score (nSPS) is 11.4. The summed E-state index contributed by atoms with van der Waals surface area (Å²) in [5.41, 5.74) is 3.95. The summed E-state index contributed by atoms with van der Waals surface area (Å²) < 4.78 is 42.6. The molecule has 0 radical (unpaired) electrons. The largest absolute Gasteiger partial charge is 0.433 e. The van der Waals surface area contributed by atoms with E-state index in [0.717, 1.165) is 12.1 Å². The Balaban J connectivity index is 2.71. The van der Waals surface area contributed by atoms with Crippen LogP contribution in [0.5, 0.6) is 0 Å². The number of nitrogens with one attached hydrogen (secondary N) is 2. The molecular weight excluding hydrogens is 289 g/mol. The lowest BCUT2D eigenvalue weighted by Gasteiger charge is -2.13. The zero-order valence-electron chi connectivity index (χ0n) is 11.5. The van der Waals surface area contributed by atoms with E-state index in [1.54, 1.807) is 7.11 Å². The Hall–Kier alpha value is -1.87. The van der Waals surface area contributed by atoms with Gasteiger partial charge in [-0.3, -0.25) is 4.79 Å². The van der Waals surface area contributed by atoms with Crippen molar-refractivity contribution in [3.63, 3.8) is 0 Å². The molecule has 1 rings (SSSR count). The molecule has 4 N–H and O–H groups in total. The lowest BCUT2D eigenvalue weighted by Crippen LogP contribution is -2.27. The number of carbonyl (C=O) groups is 1. The predicted molar refractivity (Wildman–Crippen MR) is 71.0 cm³/mol. The molecule has 0 atom stereocenters. The number of alkyl halides is 3. The molecule has 0 aromatic carbocycles. The van der Waals surface area contributed by atoms with Crippen molar-refractivity contribution in [2.24, 2.45) is 5.73 Å². The third-order valence-corrected chi connectivity index (χ3v) is 2.53. The standard InChI is InChI=1S/C12H17F3N4O2/c1-21-7-6-17-4-5-18-11-8(10(16)20)2-3-9(19-11)12(13,14)15/h2-3,17H,4-7H2,1H3,(H2,16,20)(H,18,19). The second-order valence-electron chi connectivity index (χ2n) is 4.12. The number of methoxy groups -OCH3 is 1. The van der Waals surface area contributed by atoms with Gasteiger partial charge in [0.2, 0.25) is 0 Å². The van der Waals surface area contributed by atoms with E-state index in [1.165, 1.54) is 0 Å². The summed E-state index contributed by atoms with van der Waals surface area (Å²) in [6.07, 6.45) is -4.58. The molecule has 0 aliphatic carbocycles. The SMILES string of the molecule is COCCNCCNc1nc(C(F)(F)F)ccc1C(N)=O. The number of hydrogen-bond donors (Lipinski definition) is 3. The van der Waals surface area contributed by atoms with Crippen molar-refractivity contribution in [3.05, 3.63) is 23.4 Å². The van der Waals surface area contributed by atoms with Crippen LogP contribution in [0, 0.1) is 0 Å². The van der Waals surface area contributed by atoms with Gasteiger partial charge in [-0.05, 0) is 12.1 Å². The molecule has 9 heteroatoms. The number of pyridine rings is 1. The Kier molecular flexibility index (Phi) is 6.38. The molecule has 1 heterocycles. The minimum absolute atomic E-state index is 0.0834. The molecule has 0 bridgehead atoms. The maximum atomic E-state index is 12.6. The van der Waals surface area contributed by atoms with Gasteiger partial charge in [0.05, 0.1) is 12.2 Å². The molecule has 21 heavy (non-hydrogen) atoms. The number of rotatable bonds is 8. The van der Waals surface area contributed by atoms with Crippen LogP contribution >= 0.6 is 0 Å². The van der Waals surface area contributed by atoms with Gasteiger partial charge < -0.3 is 21.1 Å². The fraction of sp³-hybridized carbons (Fsp3) is 0.500. The van der Waals surface area contributed by atoms with Crippen LogP contribution in [0.25, 0.3) is 0 Å². The lowest BCUT2D eigenvalue weighted by atomic mass is 10.2. The van der Waals surface area contributed by atoms with E-state index in [1.807, 2.05) is 0 Å². The molecule has 0 unspecified atom stereocenters. The van der Waals surface area contributed by atoms with E-state index >= 15 is 0 Å². The van der Waals surface area contributed by atoms with Crippen LogP contribution in [0.1, 0.15) is 16.1 Å². The second kappa shape index (κ2) is 7.79. The first kappa shape index (κ1) is 17.2. The molecule has 0 saturated heterocycles. The fourth-order valence-corrected chi connectivity index (χ4v) is 1.52. The van der Waals surface area contributed by atoms with Crippen LogP contribution in [0.2, 0.25) is 0 Å². The van der Waals surface area contributed by atoms with Crippen molar-refractivity contribution < 1.29 is 22.7 Å². The summed E-state index contributed by atoms with van der Waals surface area (Å²) in [7, 11) is 1.56. The maximum absolute atomic E-state index is 12.6. The summed E-state index contributed by atoms with van der Waals surface area (Å²) in [4.78, 5) is 14.6. The summed E-state index contributed by atoms with van der Waals surface area (Å²) in [5.74, 6) is -1.02. The fourth-order valence-electron chi connectivity index (χ4n) is 1.52. The number of amides is 1. The van der Waals surface area contributed by atoms with Gasteiger partial charge in [0.25, 0.3) is 5.91 Å². The van der Waals surface area contributed by atoms with Crippen molar-refractivity contribution in [1.82, 2.24) is 10.3 Å². The van der Waals surface area contributed by atoms with E-state index in [9.17, 15) is 18.0 Å². The lowest BCUT2D eigenvalue weighted by molar-refractivity contribution is -0.141. The Labute approximate surface area is 119 Å². The van der Waals surface area contributed by atoms with Gasteiger partial charge >= 0.3 is 6.18 Å². The zero-order chi connectivity index (χ0) is 15.9. The highest BCUT2D eigenvalue weighted by Gasteiger charge is 2.33. The van der Waals surface area contributed by atoms with Crippen LogP contribution in [-0.4, -0.2) is 44.2 Å². The number of halogens is 3. The Morgan fingerprint density at radius 1 is 1.33 bits per heavy atom. The average Bonchev–Trinajstić information content (AvgIpc) is 2.41. The van der Waals surface area contributed by atoms with Crippen molar-refractivity contribution in [2.75, 3.05) is 38.7 Å². The van der Waals surface area contributed by atoms with Crippen molar-refractivity contribution >= 4 is 11.7 Å². The van der Waals surface area contributed by atoms with Crippen molar-refractivity contribution in [2.45, 2.75) is 6.18 Å². The highest BCUT2D eigenvalue weighted by molar-refractivity contribution is 5.97. The van der Waals surface area contributed by atoms with Crippen LogP contribution in [0.3, 0.4) is 0 Å². The summed E-state index contributed by atoms with van der Waals surface area (Å²) in [6.45, 7) is 1.89. The van der Waals surface area contributed by atoms with E-state index in [0.29, 0.717) is 19.7 Å². The molecule has 0 fully saturated rings. The van der Waals surface area contributed by atoms with Crippen LogP contribution in [0.15, 0.2) is 12.1 Å². The molecule has 6 nitrogen and oxygen atoms in total. The summed E-state index contributed by atoms with van der Waals surface area (Å²) in [5, 5.41) is 5.67. The molecule has 1 aromatic heterocycles. The first-order chi connectivity index (χ1) is 9.86. The number of nitrogens with zero attached hydrogens (tertiary/aromatic N) is 1. The Morgan fingerprint density at radius 2 is 2.05 bits per heavy atom. The average molecular weight is 306 g/mol. The van der Waals surface area contributed by atoms with Crippen LogP contribution in [0.4, 0.5) is 19.0 Å². The molecule has 0 spiro atoms. The van der Waals surface area contributed by atoms with Gasteiger partial charge in [-0.1, -0.05) is 0 Å². The van der Waals surface area contributed by atoms with Gasteiger partial charge in [-0.25, -0.2) is 4.98 Å². The molecular formula is C12H17F3N4O2. The number of anilines is 1. The Morgan fingerprint density at radius 3 is 2.62 bits per heavy atom. The second-order valence-corrected chi connectivity index (χ2v) is 4.12. The van der Waals surface area contributed by atoms with Crippen molar-refractivity contribution in [1.29, 1.82) is 0 Å². The van der Waals surface area contributed by atoms with Gasteiger partial charge in [0.1, 0.15) is 11.5 Å². The molecule has 1 aromatic rings. The van der Waals surface area contributed by atoms with E-state index in [4.69, 9.17) is 10.5 Å². The summed E-state index contributed by atoms with van der Waals surface area (Å²) >= 11 is 0. The highest BCUT2D eigenvalue weighted by atomic mass is 19.4. The number of primary amides is 1. The number of aromatic nitrogens is 1. The summed E-state index contributed by atoms with van der Waals surface area (Å²) in [6, 6.07) is 1.74. The predicted octanol–water partition coefficient (Wildman–Crippen LogP) is 0.847. The molecule has 1 amide bonds. The number of hydrogen-bond acceptors (Lipinski definition) is 5. The first-order valence-corrected chi connectivity index (χ1v) is 6.18. The first-order valence-electron chi connectivity index (χ1n) is 6.18.